The number of benzene rings is 3. The molecule has 3 aromatic carbocycles. The molecule has 4 heteroatoms. The van der Waals surface area contributed by atoms with Crippen LogP contribution in [0.2, 0.25) is 0 Å². The van der Waals surface area contributed by atoms with Crippen LogP contribution in [0.5, 0.6) is 0 Å². The van der Waals surface area contributed by atoms with Crippen molar-refractivity contribution >= 4 is 17.8 Å². The van der Waals surface area contributed by atoms with Gasteiger partial charge in [0.15, 0.2) is 0 Å². The molecular weight excluding hydrogens is 358 g/mol. The van der Waals surface area contributed by atoms with Gasteiger partial charge in [0.25, 0.3) is 5.91 Å². The first-order valence-electron chi connectivity index (χ1n) is 10.0. The number of carbonyl (C=O) groups excluding carboxylic acids is 1. The number of hydrogen-bond acceptors (Lipinski definition) is 3. The van der Waals surface area contributed by atoms with E-state index in [2.05, 4.69) is 41.4 Å². The highest BCUT2D eigenvalue weighted by Gasteiger charge is 2.22. The Kier molecular flexibility index (Phi) is 7.17. The van der Waals surface area contributed by atoms with Crippen molar-refractivity contribution in [3.63, 3.8) is 0 Å². The number of nitrogens with zero attached hydrogens (tertiary/aromatic N) is 2. The fourth-order valence-electron chi connectivity index (χ4n) is 3.38. The van der Waals surface area contributed by atoms with Crippen molar-refractivity contribution in [2.75, 3.05) is 18.0 Å². The third-order valence-corrected chi connectivity index (χ3v) is 4.94. The summed E-state index contributed by atoms with van der Waals surface area (Å²) in [5.74, 6) is -0.557. The third-order valence-electron chi connectivity index (χ3n) is 4.94. The van der Waals surface area contributed by atoms with E-state index in [1.807, 2.05) is 72.8 Å². The second-order valence-corrected chi connectivity index (χ2v) is 6.75. The number of amides is 1. The smallest absolute Gasteiger partial charge is 0.252 e. The molecule has 0 unspecified atom stereocenters. The van der Waals surface area contributed by atoms with E-state index in [-0.39, 0.29) is 5.91 Å². The average molecular weight is 386 g/mol. The molecule has 0 spiro atoms. The average Bonchev–Trinajstić information content (AvgIpc) is 2.77. The first-order valence-corrected chi connectivity index (χ1v) is 10.0. The Morgan fingerprint density at radius 1 is 0.862 bits per heavy atom. The first kappa shape index (κ1) is 20.3. The molecule has 0 radical (unpaired) electrons. The van der Waals surface area contributed by atoms with Crippen LogP contribution in [0.1, 0.15) is 36.5 Å². The lowest BCUT2D eigenvalue weighted by Gasteiger charge is -2.20. The maximum atomic E-state index is 12.9. The van der Waals surface area contributed by atoms with Crippen molar-refractivity contribution in [2.24, 2.45) is 5.10 Å². The Balaban J connectivity index is 1.72. The molecule has 0 saturated carbocycles. The minimum Gasteiger partial charge on any atom is -0.372 e. The number of carbonyl (C=O) groups is 1. The molecule has 148 valence electrons. The molecule has 0 bridgehead atoms. The van der Waals surface area contributed by atoms with Crippen molar-refractivity contribution in [1.29, 1.82) is 0 Å². The monoisotopic (exact) mass is 385 g/mol. The van der Waals surface area contributed by atoms with Crippen molar-refractivity contribution < 1.29 is 4.79 Å². The van der Waals surface area contributed by atoms with Gasteiger partial charge in [-0.05, 0) is 42.7 Å². The topological polar surface area (TPSA) is 44.7 Å². The van der Waals surface area contributed by atoms with Crippen molar-refractivity contribution in [3.05, 3.63) is 102 Å². The van der Waals surface area contributed by atoms with Crippen LogP contribution in [0.15, 0.2) is 90.0 Å². The van der Waals surface area contributed by atoms with Crippen molar-refractivity contribution in [1.82, 2.24) is 5.43 Å². The summed E-state index contributed by atoms with van der Waals surface area (Å²) in [6.45, 7) is 6.23. The molecule has 3 rings (SSSR count). The van der Waals surface area contributed by atoms with Gasteiger partial charge in [-0.2, -0.15) is 5.10 Å². The van der Waals surface area contributed by atoms with Gasteiger partial charge in [-0.1, -0.05) is 72.8 Å². The minimum atomic E-state index is -0.403. The van der Waals surface area contributed by atoms with E-state index >= 15 is 0 Å². The predicted molar refractivity (Wildman–Crippen MR) is 120 cm³/mol. The van der Waals surface area contributed by atoms with E-state index in [0.29, 0.717) is 0 Å². The highest BCUT2D eigenvalue weighted by atomic mass is 16.2. The van der Waals surface area contributed by atoms with Gasteiger partial charge in [-0.25, -0.2) is 5.43 Å². The molecular formula is C25H27N3O. The number of rotatable bonds is 8. The Morgan fingerprint density at radius 2 is 1.38 bits per heavy atom. The normalized spacial score (nSPS) is 11.0. The van der Waals surface area contributed by atoms with Gasteiger partial charge in [0.1, 0.15) is 0 Å². The van der Waals surface area contributed by atoms with E-state index in [9.17, 15) is 4.79 Å². The standard InChI is InChI=1S/C25H27N3O/c1-3-28(4-2)23-17-15-20(16-18-23)19-26-27-25(29)24(21-11-7-5-8-12-21)22-13-9-6-10-14-22/h5-19,24H,3-4H2,1-2H3,(H,27,29)/b26-19-. The first-order chi connectivity index (χ1) is 14.2. The number of anilines is 1. The number of nitrogens with one attached hydrogen (secondary N) is 1. The van der Waals surface area contributed by atoms with E-state index < -0.39 is 5.92 Å². The maximum absolute atomic E-state index is 12.9. The Hall–Kier alpha value is -3.40. The lowest BCUT2D eigenvalue weighted by Crippen LogP contribution is -2.26. The molecule has 0 fully saturated rings. The fraction of sp³-hybridized carbons (Fsp3) is 0.200. The summed E-state index contributed by atoms with van der Waals surface area (Å²) in [7, 11) is 0. The molecule has 29 heavy (non-hydrogen) atoms. The molecule has 0 heterocycles. The fourth-order valence-corrected chi connectivity index (χ4v) is 3.38. The van der Waals surface area contributed by atoms with Crippen LogP contribution >= 0.6 is 0 Å². The molecule has 0 aromatic heterocycles. The zero-order valence-corrected chi connectivity index (χ0v) is 17.0. The molecule has 1 N–H and O–H groups in total. The van der Waals surface area contributed by atoms with Gasteiger partial charge >= 0.3 is 0 Å². The lowest BCUT2D eigenvalue weighted by molar-refractivity contribution is -0.121. The van der Waals surface area contributed by atoms with E-state index in [0.717, 1.165) is 29.8 Å². The van der Waals surface area contributed by atoms with Crippen LogP contribution in [-0.2, 0) is 4.79 Å². The van der Waals surface area contributed by atoms with Gasteiger partial charge in [0, 0.05) is 18.8 Å². The summed E-state index contributed by atoms with van der Waals surface area (Å²) >= 11 is 0. The largest absolute Gasteiger partial charge is 0.372 e. The molecule has 1 amide bonds. The van der Waals surface area contributed by atoms with Crippen LogP contribution < -0.4 is 10.3 Å². The molecule has 0 aliphatic heterocycles. The minimum absolute atomic E-state index is 0.154. The van der Waals surface area contributed by atoms with E-state index in [1.165, 1.54) is 5.69 Å². The van der Waals surface area contributed by atoms with Crippen LogP contribution in [0.4, 0.5) is 5.69 Å². The Bertz CT molecular complexity index is 878. The Labute approximate surface area is 172 Å². The second kappa shape index (κ2) is 10.2. The zero-order chi connectivity index (χ0) is 20.5. The summed E-state index contributed by atoms with van der Waals surface area (Å²) in [6.07, 6.45) is 1.68. The van der Waals surface area contributed by atoms with E-state index in [4.69, 9.17) is 0 Å². The molecule has 0 aliphatic carbocycles. The van der Waals surface area contributed by atoms with Gasteiger partial charge in [0.05, 0.1) is 12.1 Å². The Morgan fingerprint density at radius 3 is 1.86 bits per heavy atom. The van der Waals surface area contributed by atoms with Gasteiger partial charge in [0.2, 0.25) is 0 Å². The van der Waals surface area contributed by atoms with Gasteiger partial charge < -0.3 is 4.90 Å². The van der Waals surface area contributed by atoms with Crippen LogP contribution in [-0.4, -0.2) is 25.2 Å². The zero-order valence-electron chi connectivity index (χ0n) is 17.0. The summed E-state index contributed by atoms with van der Waals surface area (Å²) in [6, 6.07) is 27.7. The summed E-state index contributed by atoms with van der Waals surface area (Å²) in [5.41, 5.74) is 6.71. The molecule has 4 nitrogen and oxygen atoms in total. The predicted octanol–water partition coefficient (Wildman–Crippen LogP) is 4.82. The van der Waals surface area contributed by atoms with Crippen LogP contribution in [0, 0.1) is 0 Å². The van der Waals surface area contributed by atoms with Crippen molar-refractivity contribution in [2.45, 2.75) is 19.8 Å². The summed E-state index contributed by atoms with van der Waals surface area (Å²) in [4.78, 5) is 15.2. The molecule has 3 aromatic rings. The van der Waals surface area contributed by atoms with E-state index in [1.54, 1.807) is 6.21 Å². The van der Waals surface area contributed by atoms with Crippen molar-refractivity contribution in [3.8, 4) is 0 Å². The molecule has 0 atom stereocenters. The van der Waals surface area contributed by atoms with Crippen LogP contribution in [0.3, 0.4) is 0 Å². The highest BCUT2D eigenvalue weighted by molar-refractivity contribution is 5.88. The highest BCUT2D eigenvalue weighted by Crippen LogP contribution is 2.24. The van der Waals surface area contributed by atoms with Crippen LogP contribution in [0.25, 0.3) is 0 Å². The third kappa shape index (κ3) is 5.32. The van der Waals surface area contributed by atoms with Gasteiger partial charge in [-0.3, -0.25) is 4.79 Å². The maximum Gasteiger partial charge on any atom is 0.252 e. The number of hydrogen-bond donors (Lipinski definition) is 1. The molecule has 0 aliphatic rings. The van der Waals surface area contributed by atoms with Gasteiger partial charge in [-0.15, -0.1) is 0 Å². The summed E-state index contributed by atoms with van der Waals surface area (Å²) in [5, 5.41) is 4.19. The lowest BCUT2D eigenvalue weighted by atomic mass is 9.91. The molecule has 0 saturated heterocycles. The summed E-state index contributed by atoms with van der Waals surface area (Å²) < 4.78 is 0. The SMILES string of the molecule is CCN(CC)c1ccc(/C=N\NC(=O)C(c2ccccc2)c2ccccc2)cc1. The quantitative estimate of drug-likeness (QED) is 0.446. The number of hydrazone groups is 1. The second-order valence-electron chi connectivity index (χ2n) is 6.75.